The Morgan fingerprint density at radius 1 is 1.42 bits per heavy atom. The van der Waals surface area contributed by atoms with Crippen molar-refractivity contribution < 1.29 is 14.6 Å². The predicted molar refractivity (Wildman–Crippen MR) is 43.3 cm³/mol. The van der Waals surface area contributed by atoms with E-state index in [0.29, 0.717) is 17.2 Å². The van der Waals surface area contributed by atoms with Gasteiger partial charge in [-0.05, 0) is 6.07 Å². The van der Waals surface area contributed by atoms with Gasteiger partial charge in [-0.3, -0.25) is 0 Å². The highest BCUT2D eigenvalue weighted by Crippen LogP contribution is 2.27. The van der Waals surface area contributed by atoms with Crippen LogP contribution >= 0.6 is 0 Å². The van der Waals surface area contributed by atoms with Gasteiger partial charge in [0, 0.05) is 11.8 Å². The lowest BCUT2D eigenvalue weighted by Crippen LogP contribution is -1.97. The largest absolute Gasteiger partial charge is 0.491 e. The van der Waals surface area contributed by atoms with Crippen molar-refractivity contribution in [2.24, 2.45) is 0 Å². The Hall–Kier alpha value is -1.29. The van der Waals surface area contributed by atoms with Gasteiger partial charge < -0.3 is 14.6 Å². The van der Waals surface area contributed by atoms with Crippen molar-refractivity contribution in [2.45, 2.75) is 6.61 Å². The first kappa shape index (κ1) is 8.80. The van der Waals surface area contributed by atoms with Crippen molar-refractivity contribution in [1.29, 1.82) is 0 Å². The molecule has 0 fully saturated rings. The second-order valence-corrected chi connectivity index (χ2v) is 2.17. The van der Waals surface area contributed by atoms with Crippen LogP contribution in [0.25, 0.3) is 0 Å². The summed E-state index contributed by atoms with van der Waals surface area (Å²) in [6.45, 7) is -0.0813. The van der Waals surface area contributed by atoms with Gasteiger partial charge in [-0.15, -0.1) is 0 Å². The monoisotopic (exact) mass is 169 g/mol. The third-order valence-corrected chi connectivity index (χ3v) is 1.52. The Labute approximate surface area is 70.8 Å². The average Bonchev–Trinajstić information content (AvgIpc) is 2.16. The van der Waals surface area contributed by atoms with E-state index in [0.717, 1.165) is 0 Å². The number of methoxy groups -OCH3 is 2. The molecular formula is C8H11NO3. The summed E-state index contributed by atoms with van der Waals surface area (Å²) in [6.07, 6.45) is 1.56. The van der Waals surface area contributed by atoms with Gasteiger partial charge in [0.25, 0.3) is 5.88 Å². The molecule has 12 heavy (non-hydrogen) atoms. The maximum absolute atomic E-state index is 8.91. The molecule has 66 valence electrons. The van der Waals surface area contributed by atoms with Crippen molar-refractivity contribution in [3.8, 4) is 11.6 Å². The number of aliphatic hydroxyl groups excluding tert-OH is 1. The van der Waals surface area contributed by atoms with E-state index >= 15 is 0 Å². The normalized spacial score (nSPS) is 9.58. The lowest BCUT2D eigenvalue weighted by Gasteiger charge is -2.08. The Balaban J connectivity index is 3.13. The first-order valence-corrected chi connectivity index (χ1v) is 3.50. The topological polar surface area (TPSA) is 51.6 Å². The first-order valence-electron chi connectivity index (χ1n) is 3.50. The van der Waals surface area contributed by atoms with Gasteiger partial charge in [-0.25, -0.2) is 4.98 Å². The van der Waals surface area contributed by atoms with Crippen LogP contribution in [0, 0.1) is 0 Å². The third-order valence-electron chi connectivity index (χ3n) is 1.52. The molecule has 0 spiro atoms. The molecule has 0 saturated carbocycles. The first-order chi connectivity index (χ1) is 5.83. The van der Waals surface area contributed by atoms with Gasteiger partial charge in [0.05, 0.1) is 20.8 Å². The van der Waals surface area contributed by atoms with Gasteiger partial charge in [-0.2, -0.15) is 0 Å². The van der Waals surface area contributed by atoms with E-state index in [1.165, 1.54) is 14.2 Å². The Bertz CT molecular complexity index is 240. The molecule has 0 aliphatic carbocycles. The molecule has 1 N–H and O–H groups in total. The van der Waals surface area contributed by atoms with Crippen LogP contribution in [0.3, 0.4) is 0 Å². The van der Waals surface area contributed by atoms with E-state index in [9.17, 15) is 0 Å². The lowest BCUT2D eigenvalue weighted by molar-refractivity contribution is 0.268. The molecule has 0 aliphatic heterocycles. The SMILES string of the molecule is COc1nccc(CO)c1OC. The fourth-order valence-electron chi connectivity index (χ4n) is 0.955. The van der Waals surface area contributed by atoms with E-state index in [1.807, 2.05) is 0 Å². The van der Waals surface area contributed by atoms with Crippen LogP contribution in [0.5, 0.6) is 11.6 Å². The Morgan fingerprint density at radius 3 is 2.67 bits per heavy atom. The van der Waals surface area contributed by atoms with Crippen LogP contribution in [-0.2, 0) is 6.61 Å². The Kier molecular flexibility index (Phi) is 2.88. The number of aliphatic hydroxyl groups is 1. The van der Waals surface area contributed by atoms with E-state index in [2.05, 4.69) is 4.98 Å². The summed E-state index contributed by atoms with van der Waals surface area (Å²) in [4.78, 5) is 3.92. The maximum Gasteiger partial charge on any atom is 0.257 e. The van der Waals surface area contributed by atoms with Crippen LogP contribution < -0.4 is 9.47 Å². The van der Waals surface area contributed by atoms with Crippen LogP contribution in [-0.4, -0.2) is 24.3 Å². The summed E-state index contributed by atoms with van der Waals surface area (Å²) < 4.78 is 9.94. The lowest BCUT2D eigenvalue weighted by atomic mass is 10.2. The summed E-state index contributed by atoms with van der Waals surface area (Å²) in [5.41, 5.74) is 0.671. The number of nitrogens with zero attached hydrogens (tertiary/aromatic N) is 1. The number of pyridine rings is 1. The molecule has 1 aromatic rings. The van der Waals surface area contributed by atoms with Gasteiger partial charge in [0.1, 0.15) is 0 Å². The van der Waals surface area contributed by atoms with Crippen LogP contribution in [0.2, 0.25) is 0 Å². The fourth-order valence-corrected chi connectivity index (χ4v) is 0.955. The fraction of sp³-hybridized carbons (Fsp3) is 0.375. The minimum atomic E-state index is -0.0813. The molecule has 1 rings (SSSR count). The predicted octanol–water partition coefficient (Wildman–Crippen LogP) is 0.591. The number of aromatic nitrogens is 1. The molecule has 1 heterocycles. The summed E-state index contributed by atoms with van der Waals surface area (Å²) in [5, 5.41) is 8.91. The molecule has 4 heteroatoms. The molecule has 0 radical (unpaired) electrons. The number of ether oxygens (including phenoxy) is 2. The highest BCUT2D eigenvalue weighted by molar-refractivity contribution is 5.40. The minimum absolute atomic E-state index is 0.0813. The summed E-state index contributed by atoms with van der Waals surface area (Å²) in [5.74, 6) is 0.881. The molecular weight excluding hydrogens is 158 g/mol. The molecule has 0 bridgehead atoms. The smallest absolute Gasteiger partial charge is 0.257 e. The molecule has 0 aromatic carbocycles. The van der Waals surface area contributed by atoms with Gasteiger partial charge in [-0.1, -0.05) is 0 Å². The van der Waals surface area contributed by atoms with Gasteiger partial charge in [0.15, 0.2) is 5.75 Å². The number of hydrogen-bond acceptors (Lipinski definition) is 4. The number of rotatable bonds is 3. The zero-order chi connectivity index (χ0) is 8.97. The van der Waals surface area contributed by atoms with E-state index in [4.69, 9.17) is 14.6 Å². The van der Waals surface area contributed by atoms with E-state index < -0.39 is 0 Å². The van der Waals surface area contributed by atoms with Crippen molar-refractivity contribution in [2.75, 3.05) is 14.2 Å². The Morgan fingerprint density at radius 2 is 2.17 bits per heavy atom. The molecule has 0 atom stereocenters. The molecule has 0 unspecified atom stereocenters. The van der Waals surface area contributed by atoms with Crippen molar-refractivity contribution in [3.05, 3.63) is 17.8 Å². The second-order valence-electron chi connectivity index (χ2n) is 2.17. The van der Waals surface area contributed by atoms with E-state index in [1.54, 1.807) is 12.3 Å². The van der Waals surface area contributed by atoms with Crippen molar-refractivity contribution in [1.82, 2.24) is 4.98 Å². The highest BCUT2D eigenvalue weighted by Gasteiger charge is 2.08. The minimum Gasteiger partial charge on any atom is -0.491 e. The third kappa shape index (κ3) is 1.48. The molecule has 1 aromatic heterocycles. The second kappa shape index (κ2) is 3.92. The van der Waals surface area contributed by atoms with E-state index in [-0.39, 0.29) is 6.61 Å². The summed E-state index contributed by atoms with van der Waals surface area (Å²) in [6, 6.07) is 1.68. The molecule has 0 amide bonds. The van der Waals surface area contributed by atoms with Gasteiger partial charge >= 0.3 is 0 Å². The standard InChI is InChI=1S/C8H11NO3/c1-11-7-6(5-10)3-4-9-8(7)12-2/h3-4,10H,5H2,1-2H3. The van der Waals surface area contributed by atoms with Crippen molar-refractivity contribution >= 4 is 0 Å². The van der Waals surface area contributed by atoms with Crippen LogP contribution in [0.15, 0.2) is 12.3 Å². The zero-order valence-electron chi connectivity index (χ0n) is 7.07. The molecule has 0 saturated heterocycles. The summed E-state index contributed by atoms with van der Waals surface area (Å²) in [7, 11) is 3.02. The quantitative estimate of drug-likeness (QED) is 0.719. The van der Waals surface area contributed by atoms with Crippen LogP contribution in [0.1, 0.15) is 5.56 Å². The molecule has 0 aliphatic rings. The zero-order valence-corrected chi connectivity index (χ0v) is 7.07. The van der Waals surface area contributed by atoms with Crippen molar-refractivity contribution in [3.63, 3.8) is 0 Å². The average molecular weight is 169 g/mol. The molecule has 4 nitrogen and oxygen atoms in total. The summed E-state index contributed by atoms with van der Waals surface area (Å²) >= 11 is 0. The van der Waals surface area contributed by atoms with Gasteiger partial charge in [0.2, 0.25) is 0 Å². The highest BCUT2D eigenvalue weighted by atomic mass is 16.5. The number of hydrogen-bond donors (Lipinski definition) is 1. The maximum atomic E-state index is 8.91. The van der Waals surface area contributed by atoms with Crippen LogP contribution in [0.4, 0.5) is 0 Å².